The third-order valence-corrected chi connectivity index (χ3v) is 5.21. The molecule has 2 bridgehead atoms. The molecule has 1 aliphatic heterocycles. The van der Waals surface area contributed by atoms with E-state index in [0.717, 1.165) is 0 Å². The molecular formula is C13H20BF3KNO2. The Morgan fingerprint density at radius 2 is 1.67 bits per heavy atom. The van der Waals surface area contributed by atoms with E-state index in [1.807, 2.05) is 0 Å². The van der Waals surface area contributed by atoms with E-state index < -0.39 is 17.9 Å². The largest absolute Gasteiger partial charge is 1.00 e. The number of ether oxygens (including phenoxy) is 1. The molecule has 8 heteroatoms. The van der Waals surface area contributed by atoms with Gasteiger partial charge >= 0.3 is 64.5 Å². The van der Waals surface area contributed by atoms with Crippen LogP contribution in [-0.2, 0) is 4.74 Å². The second kappa shape index (κ2) is 5.13. The van der Waals surface area contributed by atoms with E-state index >= 15 is 0 Å². The number of carbonyl (C=O) groups is 1. The van der Waals surface area contributed by atoms with Crippen LogP contribution in [0.25, 0.3) is 0 Å². The Morgan fingerprint density at radius 1 is 1.19 bits per heavy atom. The summed E-state index contributed by atoms with van der Waals surface area (Å²) in [6, 6.07) is 0. The third-order valence-electron chi connectivity index (χ3n) is 5.21. The van der Waals surface area contributed by atoms with Gasteiger partial charge < -0.3 is 22.6 Å². The second-order valence-corrected chi connectivity index (χ2v) is 7.91. The van der Waals surface area contributed by atoms with Gasteiger partial charge in [-0.05, 0) is 32.1 Å². The molecule has 0 aromatic carbocycles. The maximum atomic E-state index is 12.8. The number of hydrogen-bond donors (Lipinski definition) is 0. The Hall–Kier alpha value is 0.761. The van der Waals surface area contributed by atoms with Gasteiger partial charge in [-0.2, -0.15) is 0 Å². The maximum Gasteiger partial charge on any atom is 1.00 e. The van der Waals surface area contributed by atoms with Crippen LogP contribution < -0.4 is 51.4 Å². The van der Waals surface area contributed by atoms with Gasteiger partial charge in [-0.15, -0.1) is 0 Å². The van der Waals surface area contributed by atoms with E-state index in [1.54, 1.807) is 25.7 Å². The molecule has 0 aromatic heterocycles. The van der Waals surface area contributed by atoms with E-state index in [9.17, 15) is 17.7 Å². The fourth-order valence-electron chi connectivity index (χ4n) is 4.07. The monoisotopic (exact) mass is 329 g/mol. The first-order chi connectivity index (χ1) is 8.97. The summed E-state index contributed by atoms with van der Waals surface area (Å²) in [5, 5.41) is -1.33. The molecule has 3 aliphatic carbocycles. The predicted octanol–water partition coefficient (Wildman–Crippen LogP) is 0.629. The number of nitrogens with zero attached hydrogens (tertiary/aromatic N) is 1. The Morgan fingerprint density at radius 3 is 2.05 bits per heavy atom. The Balaban J connectivity index is 0.00000161. The van der Waals surface area contributed by atoms with Gasteiger partial charge in [0, 0.05) is 13.1 Å². The molecule has 0 aromatic rings. The number of hydrogen-bond acceptors (Lipinski definition) is 2. The first kappa shape index (κ1) is 18.1. The van der Waals surface area contributed by atoms with Crippen molar-refractivity contribution in [2.75, 3.05) is 13.1 Å². The standard InChI is InChI=1S/C13H20BF3NO2.K/c1-11(2,3)20-10(19)18-4-9(5-18)12-6-13(7-12,8-12)14(15,16)17;/h9H,4-8H2,1-3H3;/q-1;+1. The van der Waals surface area contributed by atoms with Gasteiger partial charge in [0.1, 0.15) is 5.60 Å². The summed E-state index contributed by atoms with van der Waals surface area (Å²) in [6.45, 7) is 1.82. The summed E-state index contributed by atoms with van der Waals surface area (Å²) < 4.78 is 43.8. The fraction of sp³-hybridized carbons (Fsp3) is 0.923. The van der Waals surface area contributed by atoms with Crippen molar-refractivity contribution in [3.8, 4) is 0 Å². The smallest absolute Gasteiger partial charge is 0.449 e. The van der Waals surface area contributed by atoms with Crippen molar-refractivity contribution in [1.82, 2.24) is 4.90 Å². The van der Waals surface area contributed by atoms with Gasteiger partial charge in [0.25, 0.3) is 0 Å². The molecule has 0 radical (unpaired) electrons. The van der Waals surface area contributed by atoms with Gasteiger partial charge in [0.15, 0.2) is 0 Å². The van der Waals surface area contributed by atoms with Gasteiger partial charge in [0.2, 0.25) is 0 Å². The van der Waals surface area contributed by atoms with Crippen molar-refractivity contribution in [2.24, 2.45) is 11.3 Å². The average molecular weight is 329 g/mol. The molecule has 0 spiro atoms. The van der Waals surface area contributed by atoms with Crippen LogP contribution in [0.15, 0.2) is 0 Å². The molecule has 0 atom stereocenters. The zero-order valence-electron chi connectivity index (χ0n) is 13.1. The predicted molar refractivity (Wildman–Crippen MR) is 69.4 cm³/mol. The van der Waals surface area contributed by atoms with Crippen molar-refractivity contribution in [1.29, 1.82) is 0 Å². The van der Waals surface area contributed by atoms with Crippen LogP contribution in [0.1, 0.15) is 40.0 Å². The van der Waals surface area contributed by atoms with Crippen LogP contribution >= 0.6 is 0 Å². The van der Waals surface area contributed by atoms with Gasteiger partial charge in [0.05, 0.1) is 0 Å². The Labute approximate surface area is 165 Å². The van der Waals surface area contributed by atoms with Crippen molar-refractivity contribution < 1.29 is 73.9 Å². The van der Waals surface area contributed by atoms with Gasteiger partial charge in [-0.1, -0.05) is 24.6 Å². The molecule has 3 nitrogen and oxygen atoms in total. The maximum absolute atomic E-state index is 12.8. The quantitative estimate of drug-likeness (QED) is 0.696. The van der Waals surface area contributed by atoms with Crippen molar-refractivity contribution >= 4 is 13.1 Å². The van der Waals surface area contributed by atoms with Crippen LogP contribution in [0.2, 0.25) is 5.31 Å². The molecule has 1 amide bonds. The van der Waals surface area contributed by atoms with E-state index in [4.69, 9.17) is 4.74 Å². The zero-order valence-corrected chi connectivity index (χ0v) is 16.2. The second-order valence-electron chi connectivity index (χ2n) is 7.91. The minimum absolute atomic E-state index is 0. The Kier molecular flexibility index (Phi) is 4.42. The van der Waals surface area contributed by atoms with Crippen LogP contribution in [0.5, 0.6) is 0 Å². The average Bonchev–Trinajstić information content (AvgIpc) is 1.97. The van der Waals surface area contributed by atoms with E-state index in [1.165, 1.54) is 0 Å². The minimum atomic E-state index is -4.70. The van der Waals surface area contributed by atoms with Crippen molar-refractivity contribution in [3.63, 3.8) is 0 Å². The number of amides is 1. The van der Waals surface area contributed by atoms with Gasteiger partial charge in [-0.3, -0.25) is 0 Å². The van der Waals surface area contributed by atoms with Gasteiger partial charge in [-0.25, -0.2) is 4.79 Å². The van der Waals surface area contributed by atoms with Crippen LogP contribution in [0.4, 0.5) is 17.7 Å². The molecule has 114 valence electrons. The molecule has 1 heterocycles. The number of carbonyl (C=O) groups excluding carboxylic acids is 1. The third kappa shape index (κ3) is 2.84. The summed E-state index contributed by atoms with van der Waals surface area (Å²) in [6.07, 6.45) is 0.512. The molecule has 4 rings (SSSR count). The molecule has 21 heavy (non-hydrogen) atoms. The van der Waals surface area contributed by atoms with E-state index in [2.05, 4.69) is 0 Å². The van der Waals surface area contributed by atoms with E-state index in [0.29, 0.717) is 13.1 Å². The first-order valence-corrected chi connectivity index (χ1v) is 7.14. The van der Waals surface area contributed by atoms with Crippen molar-refractivity contribution in [3.05, 3.63) is 0 Å². The van der Waals surface area contributed by atoms with Crippen LogP contribution in [0, 0.1) is 11.3 Å². The molecular weight excluding hydrogens is 309 g/mol. The molecule has 4 aliphatic rings. The summed E-state index contributed by atoms with van der Waals surface area (Å²) in [4.78, 5) is 13.4. The summed E-state index contributed by atoms with van der Waals surface area (Å²) in [5.41, 5.74) is -0.656. The number of likely N-dealkylation sites (tertiary alicyclic amines) is 1. The fourth-order valence-corrected chi connectivity index (χ4v) is 4.07. The molecule has 1 saturated heterocycles. The van der Waals surface area contributed by atoms with Crippen LogP contribution in [-0.4, -0.2) is 36.7 Å². The first-order valence-electron chi connectivity index (χ1n) is 7.14. The summed E-state index contributed by atoms with van der Waals surface area (Å²) in [5.74, 6) is 0.232. The minimum Gasteiger partial charge on any atom is -0.449 e. The van der Waals surface area contributed by atoms with E-state index in [-0.39, 0.29) is 88.1 Å². The SMILES string of the molecule is CC(C)(C)OC(=O)N1CC(C23CC([B-](F)(F)F)(C2)C3)C1.[K+]. The van der Waals surface area contributed by atoms with Crippen LogP contribution in [0.3, 0.4) is 0 Å². The molecule has 3 saturated carbocycles. The summed E-state index contributed by atoms with van der Waals surface area (Å²) in [7, 11) is 0. The normalized spacial score (nSPS) is 35.0. The van der Waals surface area contributed by atoms with Crippen molar-refractivity contribution in [2.45, 2.75) is 50.9 Å². The Bertz CT molecular complexity index is 438. The topological polar surface area (TPSA) is 29.5 Å². The number of rotatable bonds is 2. The summed E-state index contributed by atoms with van der Waals surface area (Å²) >= 11 is 0. The number of halogens is 3. The molecule has 0 unspecified atom stereocenters. The molecule has 0 N–H and O–H groups in total. The zero-order chi connectivity index (χ0) is 15.0. The molecule has 4 fully saturated rings.